The molecular formula is C10H18N4O. The maximum Gasteiger partial charge on any atom is 0.271 e. The summed E-state index contributed by atoms with van der Waals surface area (Å²) in [6.45, 7) is 5.59. The molecular weight excluding hydrogens is 192 g/mol. The van der Waals surface area contributed by atoms with Gasteiger partial charge in [-0.2, -0.15) is 0 Å². The maximum absolute atomic E-state index is 11.6. The van der Waals surface area contributed by atoms with Crippen LogP contribution in [0.5, 0.6) is 0 Å². The minimum absolute atomic E-state index is 0.125. The zero-order valence-electron chi connectivity index (χ0n) is 9.45. The third kappa shape index (κ3) is 3.71. The molecule has 5 heteroatoms. The minimum atomic E-state index is -0.125. The summed E-state index contributed by atoms with van der Waals surface area (Å²) in [5.74, 6) is -0.125. The number of hydrogen-bond acceptors (Lipinski definition) is 3. The summed E-state index contributed by atoms with van der Waals surface area (Å²) >= 11 is 0. The summed E-state index contributed by atoms with van der Waals surface area (Å²) in [6.07, 6.45) is 3.32. The molecule has 2 N–H and O–H groups in total. The lowest BCUT2D eigenvalue weighted by Gasteiger charge is -2.12. The van der Waals surface area contributed by atoms with Gasteiger partial charge in [-0.05, 0) is 13.5 Å². The number of hydrogen-bond donors (Lipinski definition) is 2. The molecule has 0 aromatic carbocycles. The van der Waals surface area contributed by atoms with Crippen LogP contribution in [0.25, 0.3) is 0 Å². The van der Waals surface area contributed by atoms with Gasteiger partial charge in [0, 0.05) is 25.8 Å². The molecule has 0 aliphatic carbocycles. The Balaban J connectivity index is 2.36. The minimum Gasteiger partial charge on any atom is -0.349 e. The highest BCUT2D eigenvalue weighted by Gasteiger charge is 2.09. The van der Waals surface area contributed by atoms with Gasteiger partial charge >= 0.3 is 0 Å². The monoisotopic (exact) mass is 210 g/mol. The first-order valence-electron chi connectivity index (χ1n) is 5.13. The molecule has 0 unspecified atom stereocenters. The van der Waals surface area contributed by atoms with E-state index in [-0.39, 0.29) is 11.9 Å². The van der Waals surface area contributed by atoms with E-state index in [1.807, 2.05) is 20.9 Å². The van der Waals surface area contributed by atoms with E-state index in [2.05, 4.69) is 15.6 Å². The van der Waals surface area contributed by atoms with Gasteiger partial charge in [0.15, 0.2) is 0 Å². The number of carbonyl (C=O) groups excluding carboxylic acids is 1. The smallest absolute Gasteiger partial charge is 0.271 e. The van der Waals surface area contributed by atoms with Crippen LogP contribution in [-0.4, -0.2) is 34.6 Å². The second kappa shape index (κ2) is 5.50. The molecule has 1 aromatic heterocycles. The summed E-state index contributed by atoms with van der Waals surface area (Å²) in [7, 11) is 1.84. The van der Waals surface area contributed by atoms with Crippen LogP contribution in [0, 0.1) is 0 Å². The number of nitrogens with one attached hydrogen (secondary N) is 2. The quantitative estimate of drug-likeness (QED) is 0.727. The summed E-state index contributed by atoms with van der Waals surface area (Å²) in [4.78, 5) is 15.5. The van der Waals surface area contributed by atoms with Crippen LogP contribution in [0.4, 0.5) is 0 Å². The molecule has 84 valence electrons. The highest BCUT2D eigenvalue weighted by atomic mass is 16.1. The molecule has 15 heavy (non-hydrogen) atoms. The number of aromatic nitrogens is 2. The maximum atomic E-state index is 11.6. The van der Waals surface area contributed by atoms with Gasteiger partial charge in [0.1, 0.15) is 5.69 Å². The normalized spacial score (nSPS) is 12.5. The van der Waals surface area contributed by atoms with Crippen molar-refractivity contribution in [3.05, 3.63) is 18.2 Å². The highest BCUT2D eigenvalue weighted by molar-refractivity contribution is 5.91. The first-order chi connectivity index (χ1) is 7.13. The van der Waals surface area contributed by atoms with Gasteiger partial charge in [-0.1, -0.05) is 6.92 Å². The van der Waals surface area contributed by atoms with E-state index < -0.39 is 0 Å². The molecule has 0 saturated carbocycles. The van der Waals surface area contributed by atoms with E-state index >= 15 is 0 Å². The van der Waals surface area contributed by atoms with Gasteiger partial charge < -0.3 is 15.2 Å². The van der Waals surface area contributed by atoms with E-state index in [0.717, 1.165) is 6.54 Å². The molecule has 0 aliphatic heterocycles. The first kappa shape index (κ1) is 11.7. The van der Waals surface area contributed by atoms with Crippen molar-refractivity contribution in [2.24, 2.45) is 7.05 Å². The number of aryl methyl sites for hydroxylation is 1. The second-order valence-corrected chi connectivity index (χ2v) is 3.59. The molecule has 0 saturated heterocycles. The van der Waals surface area contributed by atoms with Crippen LogP contribution < -0.4 is 10.6 Å². The Hall–Kier alpha value is -1.36. The Morgan fingerprint density at radius 2 is 2.40 bits per heavy atom. The Morgan fingerprint density at radius 3 is 2.93 bits per heavy atom. The summed E-state index contributed by atoms with van der Waals surface area (Å²) in [5, 5.41) is 6.04. The van der Waals surface area contributed by atoms with Crippen molar-refractivity contribution in [1.29, 1.82) is 0 Å². The highest BCUT2D eigenvalue weighted by Crippen LogP contribution is 1.93. The molecule has 0 aliphatic rings. The molecule has 0 fully saturated rings. The Morgan fingerprint density at radius 1 is 1.67 bits per heavy atom. The molecule has 1 aromatic rings. The summed E-state index contributed by atoms with van der Waals surface area (Å²) in [6, 6.07) is 0.280. The van der Waals surface area contributed by atoms with Gasteiger partial charge in [-0.15, -0.1) is 0 Å². The van der Waals surface area contributed by atoms with E-state index in [1.54, 1.807) is 17.1 Å². The van der Waals surface area contributed by atoms with Gasteiger partial charge in [-0.25, -0.2) is 4.98 Å². The van der Waals surface area contributed by atoms with Gasteiger partial charge in [0.25, 0.3) is 5.91 Å². The molecule has 1 rings (SSSR count). The van der Waals surface area contributed by atoms with Crippen LogP contribution in [0.2, 0.25) is 0 Å². The molecule has 0 spiro atoms. The lowest BCUT2D eigenvalue weighted by molar-refractivity contribution is 0.0945. The van der Waals surface area contributed by atoms with E-state index in [4.69, 9.17) is 0 Å². The third-order valence-electron chi connectivity index (χ3n) is 2.06. The average molecular weight is 210 g/mol. The Bertz CT molecular complexity index is 321. The molecule has 0 radical (unpaired) electrons. The van der Waals surface area contributed by atoms with E-state index in [1.165, 1.54) is 0 Å². The van der Waals surface area contributed by atoms with Gasteiger partial charge in [-0.3, -0.25) is 4.79 Å². The summed E-state index contributed by atoms with van der Waals surface area (Å²) in [5.41, 5.74) is 0.459. The van der Waals surface area contributed by atoms with Crippen molar-refractivity contribution in [2.45, 2.75) is 19.9 Å². The topological polar surface area (TPSA) is 58.9 Å². The van der Waals surface area contributed by atoms with E-state index in [0.29, 0.717) is 12.2 Å². The lowest BCUT2D eigenvalue weighted by atomic mass is 10.3. The van der Waals surface area contributed by atoms with Crippen molar-refractivity contribution < 1.29 is 4.79 Å². The molecule has 1 atom stereocenters. The molecule has 1 amide bonds. The number of amides is 1. The zero-order valence-corrected chi connectivity index (χ0v) is 9.45. The van der Waals surface area contributed by atoms with Gasteiger partial charge in [0.2, 0.25) is 0 Å². The fourth-order valence-corrected chi connectivity index (χ4v) is 1.29. The van der Waals surface area contributed by atoms with Gasteiger partial charge in [0.05, 0.1) is 6.33 Å². The van der Waals surface area contributed by atoms with Crippen molar-refractivity contribution in [1.82, 2.24) is 20.2 Å². The van der Waals surface area contributed by atoms with Crippen molar-refractivity contribution in [3.63, 3.8) is 0 Å². The molecule has 1 heterocycles. The SMILES string of the molecule is CCN[C@H](C)CNC(=O)c1cn(C)cn1. The predicted molar refractivity (Wildman–Crippen MR) is 58.7 cm³/mol. The van der Waals surface area contributed by atoms with Crippen LogP contribution in [-0.2, 0) is 7.05 Å². The number of rotatable bonds is 5. The zero-order chi connectivity index (χ0) is 11.3. The molecule has 5 nitrogen and oxygen atoms in total. The Kier molecular flexibility index (Phi) is 4.30. The fraction of sp³-hybridized carbons (Fsp3) is 0.600. The van der Waals surface area contributed by atoms with Crippen molar-refractivity contribution in [3.8, 4) is 0 Å². The first-order valence-corrected chi connectivity index (χ1v) is 5.13. The number of likely N-dealkylation sites (N-methyl/N-ethyl adjacent to an activating group) is 1. The summed E-state index contributed by atoms with van der Waals surface area (Å²) < 4.78 is 1.75. The number of carbonyl (C=O) groups is 1. The van der Waals surface area contributed by atoms with Crippen LogP contribution >= 0.6 is 0 Å². The third-order valence-corrected chi connectivity index (χ3v) is 2.06. The second-order valence-electron chi connectivity index (χ2n) is 3.59. The van der Waals surface area contributed by atoms with Crippen LogP contribution in [0.3, 0.4) is 0 Å². The van der Waals surface area contributed by atoms with Crippen LogP contribution in [0.15, 0.2) is 12.5 Å². The van der Waals surface area contributed by atoms with Crippen molar-refractivity contribution >= 4 is 5.91 Å². The van der Waals surface area contributed by atoms with E-state index in [9.17, 15) is 4.79 Å². The Labute approximate surface area is 89.9 Å². The number of nitrogens with zero attached hydrogens (tertiary/aromatic N) is 2. The lowest BCUT2D eigenvalue weighted by Crippen LogP contribution is -2.38. The fourth-order valence-electron chi connectivity index (χ4n) is 1.29. The average Bonchev–Trinajstić information content (AvgIpc) is 2.62. The standard InChI is InChI=1S/C10H18N4O/c1-4-11-8(2)5-12-10(15)9-6-14(3)7-13-9/h6-8,11H,4-5H2,1-3H3,(H,12,15)/t8-/m1/s1. The largest absolute Gasteiger partial charge is 0.349 e. The van der Waals surface area contributed by atoms with Crippen molar-refractivity contribution in [2.75, 3.05) is 13.1 Å². The predicted octanol–water partition coefficient (Wildman–Crippen LogP) is 0.148. The number of imidazole rings is 1. The molecule has 0 bridgehead atoms. The van der Waals surface area contributed by atoms with Crippen LogP contribution in [0.1, 0.15) is 24.3 Å².